The van der Waals surface area contributed by atoms with Gasteiger partial charge < -0.3 is 14.4 Å². The van der Waals surface area contributed by atoms with Gasteiger partial charge in [-0.2, -0.15) is 0 Å². The van der Waals surface area contributed by atoms with Crippen molar-refractivity contribution in [1.82, 2.24) is 14.7 Å². The summed E-state index contributed by atoms with van der Waals surface area (Å²) in [5.74, 6) is 2.10. The molecule has 240 valence electrons. The second-order valence-corrected chi connectivity index (χ2v) is 13.2. The number of anilines is 1. The molecule has 0 saturated carbocycles. The highest BCUT2D eigenvalue weighted by atomic mass is 32.2. The molecule has 47 heavy (non-hydrogen) atoms. The van der Waals surface area contributed by atoms with Gasteiger partial charge in [0, 0.05) is 25.7 Å². The fourth-order valence-electron chi connectivity index (χ4n) is 5.65. The van der Waals surface area contributed by atoms with Crippen LogP contribution in [0.3, 0.4) is 0 Å². The van der Waals surface area contributed by atoms with E-state index >= 15 is 0 Å². The SMILES string of the molecule is COc1ccc(Cc2nc(N3CCC(Cc4ccccc4)CC3)ncc2C(=O)NS(=O)(=O)c2ccc(Oc3ccccc3)cc2)cc1. The smallest absolute Gasteiger partial charge is 0.268 e. The predicted molar refractivity (Wildman–Crippen MR) is 181 cm³/mol. The molecule has 0 aliphatic carbocycles. The van der Waals surface area contributed by atoms with Crippen molar-refractivity contribution in [2.75, 3.05) is 25.1 Å². The normalized spacial score (nSPS) is 13.6. The van der Waals surface area contributed by atoms with Crippen LogP contribution in [0, 0.1) is 5.92 Å². The topological polar surface area (TPSA) is 111 Å². The van der Waals surface area contributed by atoms with Gasteiger partial charge in [-0.05, 0) is 84.8 Å². The van der Waals surface area contributed by atoms with E-state index in [0.29, 0.717) is 41.2 Å². The molecule has 1 fully saturated rings. The highest BCUT2D eigenvalue weighted by Gasteiger charge is 2.25. The fourth-order valence-corrected chi connectivity index (χ4v) is 6.62. The van der Waals surface area contributed by atoms with Crippen molar-refractivity contribution in [1.29, 1.82) is 0 Å². The summed E-state index contributed by atoms with van der Waals surface area (Å²) in [7, 11) is -2.60. The molecule has 4 aromatic carbocycles. The summed E-state index contributed by atoms with van der Waals surface area (Å²) in [5, 5.41) is 0. The van der Waals surface area contributed by atoms with Gasteiger partial charge in [-0.1, -0.05) is 60.7 Å². The first-order chi connectivity index (χ1) is 22.9. The Bertz CT molecular complexity index is 1900. The molecule has 0 spiro atoms. The first kappa shape index (κ1) is 31.7. The summed E-state index contributed by atoms with van der Waals surface area (Å²) in [5.41, 5.74) is 2.76. The number of nitrogens with zero attached hydrogens (tertiary/aromatic N) is 3. The monoisotopic (exact) mass is 648 g/mol. The van der Waals surface area contributed by atoms with Gasteiger partial charge in [0.15, 0.2) is 0 Å². The van der Waals surface area contributed by atoms with Crippen LogP contribution in [0.5, 0.6) is 17.2 Å². The van der Waals surface area contributed by atoms with Gasteiger partial charge in [-0.25, -0.2) is 23.1 Å². The molecule has 9 nitrogen and oxygen atoms in total. The maximum atomic E-state index is 13.5. The summed E-state index contributed by atoms with van der Waals surface area (Å²) in [6, 6.07) is 33.0. The van der Waals surface area contributed by atoms with Crippen molar-refractivity contribution in [3.8, 4) is 17.2 Å². The van der Waals surface area contributed by atoms with Gasteiger partial charge in [0.05, 0.1) is 23.3 Å². The minimum Gasteiger partial charge on any atom is -0.497 e. The highest BCUT2D eigenvalue weighted by molar-refractivity contribution is 7.90. The fraction of sp³-hybridized carbons (Fsp3) is 0.216. The lowest BCUT2D eigenvalue weighted by Crippen LogP contribution is -2.36. The van der Waals surface area contributed by atoms with Crippen molar-refractivity contribution in [2.45, 2.75) is 30.6 Å². The standard InChI is InChI=1S/C37H36N4O5S/c1-45-30-14-12-28(13-15-30)25-35-34(26-38-37(39-35)41-22-20-29(21-23-41)24-27-8-4-2-5-9-27)36(42)40-47(43,44)33-18-16-32(17-19-33)46-31-10-6-3-7-11-31/h2-19,26,29H,20-25H2,1H3,(H,40,42). The zero-order valence-corrected chi connectivity index (χ0v) is 26.9. The number of carbonyl (C=O) groups excluding carboxylic acids is 1. The van der Waals surface area contributed by atoms with E-state index < -0.39 is 15.9 Å². The molecule has 2 heterocycles. The van der Waals surface area contributed by atoms with Crippen LogP contribution >= 0.6 is 0 Å². The van der Waals surface area contributed by atoms with E-state index in [4.69, 9.17) is 14.5 Å². The molecular weight excluding hydrogens is 612 g/mol. The number of hydrogen-bond acceptors (Lipinski definition) is 8. The predicted octanol–water partition coefficient (Wildman–Crippen LogP) is 6.45. The maximum absolute atomic E-state index is 13.5. The number of sulfonamides is 1. The summed E-state index contributed by atoms with van der Waals surface area (Å²) in [6.07, 6.45) is 4.77. The van der Waals surface area contributed by atoms with E-state index in [2.05, 4.69) is 38.9 Å². The van der Waals surface area contributed by atoms with E-state index in [1.165, 1.54) is 23.9 Å². The molecule has 1 aliphatic rings. The third kappa shape index (κ3) is 8.14. The van der Waals surface area contributed by atoms with Gasteiger partial charge in [-0.15, -0.1) is 0 Å². The minimum atomic E-state index is -4.20. The average molecular weight is 649 g/mol. The number of para-hydroxylation sites is 1. The van der Waals surface area contributed by atoms with Crippen molar-refractivity contribution in [2.24, 2.45) is 5.92 Å². The van der Waals surface area contributed by atoms with E-state index in [1.54, 1.807) is 31.4 Å². The molecule has 1 N–H and O–H groups in total. The summed E-state index contributed by atoms with van der Waals surface area (Å²) in [6.45, 7) is 1.59. The summed E-state index contributed by atoms with van der Waals surface area (Å²) >= 11 is 0. The molecule has 0 radical (unpaired) electrons. The Labute approximate surface area is 275 Å². The minimum absolute atomic E-state index is 0.0705. The van der Waals surface area contributed by atoms with Crippen LogP contribution in [0.1, 0.15) is 40.0 Å². The number of piperidine rings is 1. The molecule has 0 unspecified atom stereocenters. The largest absolute Gasteiger partial charge is 0.497 e. The average Bonchev–Trinajstić information content (AvgIpc) is 3.10. The van der Waals surface area contributed by atoms with Crippen molar-refractivity contribution >= 4 is 21.9 Å². The molecule has 1 saturated heterocycles. The molecule has 5 aromatic rings. The quantitative estimate of drug-likeness (QED) is 0.174. The molecule has 0 bridgehead atoms. The van der Waals surface area contributed by atoms with Gasteiger partial charge in [0.1, 0.15) is 17.2 Å². The third-order valence-electron chi connectivity index (χ3n) is 8.23. The second-order valence-electron chi connectivity index (χ2n) is 11.5. The summed E-state index contributed by atoms with van der Waals surface area (Å²) in [4.78, 5) is 25.0. The first-order valence-corrected chi connectivity index (χ1v) is 17.0. The number of carbonyl (C=O) groups is 1. The number of nitrogens with one attached hydrogen (secondary N) is 1. The molecule has 1 aliphatic heterocycles. The zero-order valence-electron chi connectivity index (χ0n) is 26.1. The van der Waals surface area contributed by atoms with Crippen LogP contribution in [0.25, 0.3) is 0 Å². The number of methoxy groups -OCH3 is 1. The Balaban J connectivity index is 1.19. The van der Waals surface area contributed by atoms with Crippen molar-refractivity contribution in [3.63, 3.8) is 0 Å². The Hall–Kier alpha value is -5.22. The van der Waals surface area contributed by atoms with Gasteiger partial charge >= 0.3 is 0 Å². The third-order valence-corrected chi connectivity index (χ3v) is 9.58. The van der Waals surface area contributed by atoms with Crippen LogP contribution in [-0.4, -0.2) is 44.5 Å². The van der Waals surface area contributed by atoms with Crippen molar-refractivity contribution in [3.05, 3.63) is 138 Å². The Kier molecular flexibility index (Phi) is 9.78. The summed E-state index contributed by atoms with van der Waals surface area (Å²) < 4.78 is 39.8. The Morgan fingerprint density at radius 3 is 2.09 bits per heavy atom. The molecule has 0 atom stereocenters. The number of rotatable bonds is 11. The lowest BCUT2D eigenvalue weighted by molar-refractivity contribution is 0.0979. The van der Waals surface area contributed by atoms with Crippen LogP contribution in [0.2, 0.25) is 0 Å². The Morgan fingerprint density at radius 1 is 0.809 bits per heavy atom. The van der Waals surface area contributed by atoms with E-state index in [9.17, 15) is 13.2 Å². The molecule has 6 rings (SSSR count). The van der Waals surface area contributed by atoms with Gasteiger partial charge in [0.2, 0.25) is 5.95 Å². The second kappa shape index (κ2) is 14.5. The van der Waals surface area contributed by atoms with Gasteiger partial charge in [0.25, 0.3) is 15.9 Å². The number of hydrogen-bond donors (Lipinski definition) is 1. The van der Waals surface area contributed by atoms with Gasteiger partial charge in [-0.3, -0.25) is 4.79 Å². The van der Waals surface area contributed by atoms with Crippen molar-refractivity contribution < 1.29 is 22.7 Å². The lowest BCUT2D eigenvalue weighted by atomic mass is 9.90. The number of benzene rings is 4. The van der Waals surface area contributed by atoms with Crippen LogP contribution in [0.15, 0.2) is 120 Å². The maximum Gasteiger partial charge on any atom is 0.268 e. The zero-order chi connectivity index (χ0) is 32.6. The molecule has 1 aromatic heterocycles. The first-order valence-electron chi connectivity index (χ1n) is 15.5. The molecule has 10 heteroatoms. The Morgan fingerprint density at radius 2 is 1.43 bits per heavy atom. The molecular formula is C37H36N4O5S. The number of ether oxygens (including phenoxy) is 2. The number of aromatic nitrogens is 2. The highest BCUT2D eigenvalue weighted by Crippen LogP contribution is 2.26. The number of amides is 1. The molecule has 1 amide bonds. The van der Waals surface area contributed by atoms with Crippen LogP contribution in [-0.2, 0) is 22.9 Å². The van der Waals surface area contributed by atoms with E-state index in [-0.39, 0.29) is 10.5 Å². The van der Waals surface area contributed by atoms with Crippen LogP contribution in [0.4, 0.5) is 5.95 Å². The van der Waals surface area contributed by atoms with E-state index in [0.717, 1.165) is 37.9 Å². The lowest BCUT2D eigenvalue weighted by Gasteiger charge is -2.32. The van der Waals surface area contributed by atoms with E-state index in [1.807, 2.05) is 48.5 Å². The van der Waals surface area contributed by atoms with Crippen LogP contribution < -0.4 is 19.1 Å².